The van der Waals surface area contributed by atoms with Crippen molar-refractivity contribution in [3.05, 3.63) is 68.1 Å². The number of hydrogen-bond acceptors (Lipinski definition) is 3. The number of H-pyrrole nitrogens is 1. The van der Waals surface area contributed by atoms with Gasteiger partial charge in [0.25, 0.3) is 5.91 Å². The van der Waals surface area contributed by atoms with Crippen molar-refractivity contribution in [1.82, 2.24) is 9.88 Å². The minimum atomic E-state index is -0.199. The summed E-state index contributed by atoms with van der Waals surface area (Å²) in [6, 6.07) is 9.32. The number of aromatic amines is 1. The maximum Gasteiger partial charge on any atom is 0.259 e. The monoisotopic (exact) mass is 310 g/mol. The number of nitrogens with zero attached hydrogens (tertiary/aromatic N) is 1. The molecule has 0 fully saturated rings. The van der Waals surface area contributed by atoms with Gasteiger partial charge in [0, 0.05) is 35.1 Å². The summed E-state index contributed by atoms with van der Waals surface area (Å²) in [6.07, 6.45) is 2.40. The van der Waals surface area contributed by atoms with E-state index in [1.807, 2.05) is 18.2 Å². The minimum Gasteiger partial charge on any atom is -0.360 e. The predicted molar refractivity (Wildman–Crippen MR) is 87.3 cm³/mol. The first-order chi connectivity index (χ1) is 10.7. The zero-order valence-electron chi connectivity index (χ0n) is 11.8. The van der Waals surface area contributed by atoms with Crippen LogP contribution in [0.3, 0.4) is 0 Å². The van der Waals surface area contributed by atoms with Crippen LogP contribution in [0.1, 0.15) is 20.8 Å². The summed E-state index contributed by atoms with van der Waals surface area (Å²) in [4.78, 5) is 31.4. The predicted octanol–water partition coefficient (Wildman–Crippen LogP) is 2.79. The number of para-hydroxylation sites is 1. The summed E-state index contributed by atoms with van der Waals surface area (Å²) in [5, 5.41) is 2.61. The van der Waals surface area contributed by atoms with Crippen molar-refractivity contribution in [1.29, 1.82) is 0 Å². The molecular weight excluding hydrogens is 296 g/mol. The largest absolute Gasteiger partial charge is 0.360 e. The molecule has 1 aliphatic rings. The van der Waals surface area contributed by atoms with Gasteiger partial charge in [0.15, 0.2) is 0 Å². The third-order valence-electron chi connectivity index (χ3n) is 4.11. The number of carbonyl (C=O) groups is 1. The summed E-state index contributed by atoms with van der Waals surface area (Å²) in [5.41, 5.74) is 1.97. The standard InChI is InChI=1S/C17H14N2O2S/c20-16-12-3-1-2-4-14(12)18-9-13(16)17(21)19-7-5-15-11(10-19)6-8-22-15/h1-4,6,8-9H,5,7,10H2,(H,18,20). The molecule has 0 aliphatic carbocycles. The zero-order valence-corrected chi connectivity index (χ0v) is 12.7. The highest BCUT2D eigenvalue weighted by atomic mass is 32.1. The average Bonchev–Trinajstić information content (AvgIpc) is 3.02. The lowest BCUT2D eigenvalue weighted by Crippen LogP contribution is -2.37. The highest BCUT2D eigenvalue weighted by molar-refractivity contribution is 7.10. The lowest BCUT2D eigenvalue weighted by Gasteiger charge is -2.26. The Hall–Kier alpha value is -2.40. The van der Waals surface area contributed by atoms with Crippen LogP contribution in [0.25, 0.3) is 10.9 Å². The van der Waals surface area contributed by atoms with Gasteiger partial charge in [0.1, 0.15) is 5.56 Å². The van der Waals surface area contributed by atoms with Crippen LogP contribution in [0.2, 0.25) is 0 Å². The number of hydrogen-bond donors (Lipinski definition) is 1. The van der Waals surface area contributed by atoms with Gasteiger partial charge in [-0.25, -0.2) is 0 Å². The molecule has 0 unspecified atom stereocenters. The zero-order chi connectivity index (χ0) is 15.1. The maximum atomic E-state index is 12.7. The maximum absolute atomic E-state index is 12.7. The van der Waals surface area contributed by atoms with Crippen LogP contribution < -0.4 is 5.43 Å². The molecule has 0 saturated carbocycles. The van der Waals surface area contributed by atoms with Crippen molar-refractivity contribution < 1.29 is 4.79 Å². The number of amides is 1. The smallest absolute Gasteiger partial charge is 0.259 e. The van der Waals surface area contributed by atoms with Gasteiger partial charge in [-0.3, -0.25) is 9.59 Å². The second-order valence-electron chi connectivity index (χ2n) is 5.42. The van der Waals surface area contributed by atoms with Crippen LogP contribution >= 0.6 is 11.3 Å². The van der Waals surface area contributed by atoms with Crippen molar-refractivity contribution in [3.8, 4) is 0 Å². The van der Waals surface area contributed by atoms with E-state index in [2.05, 4.69) is 16.4 Å². The van der Waals surface area contributed by atoms with Gasteiger partial charge in [-0.15, -0.1) is 11.3 Å². The molecular formula is C17H14N2O2S. The van der Waals surface area contributed by atoms with Gasteiger partial charge < -0.3 is 9.88 Å². The highest BCUT2D eigenvalue weighted by Gasteiger charge is 2.24. The quantitative estimate of drug-likeness (QED) is 0.751. The van der Waals surface area contributed by atoms with Crippen molar-refractivity contribution >= 4 is 28.1 Å². The molecule has 0 bridgehead atoms. The summed E-state index contributed by atoms with van der Waals surface area (Å²) in [5.74, 6) is -0.191. The lowest BCUT2D eigenvalue weighted by molar-refractivity contribution is 0.0734. The number of pyridine rings is 1. The summed E-state index contributed by atoms with van der Waals surface area (Å²) in [7, 11) is 0. The van der Waals surface area contributed by atoms with E-state index in [-0.39, 0.29) is 16.9 Å². The first kappa shape index (κ1) is 13.3. The fraction of sp³-hybridized carbons (Fsp3) is 0.176. The van der Waals surface area contributed by atoms with Crippen LogP contribution in [-0.2, 0) is 13.0 Å². The third-order valence-corrected chi connectivity index (χ3v) is 5.14. The highest BCUT2D eigenvalue weighted by Crippen LogP contribution is 2.24. The summed E-state index contributed by atoms with van der Waals surface area (Å²) >= 11 is 1.73. The second kappa shape index (κ2) is 5.10. The summed E-state index contributed by atoms with van der Waals surface area (Å²) in [6.45, 7) is 1.25. The fourth-order valence-corrected chi connectivity index (χ4v) is 3.81. The number of aromatic nitrogens is 1. The normalized spacial score (nSPS) is 14.1. The van der Waals surface area contributed by atoms with Gasteiger partial charge in [0.05, 0.1) is 0 Å². The van der Waals surface area contributed by atoms with Gasteiger partial charge in [-0.05, 0) is 35.6 Å². The Morgan fingerprint density at radius 2 is 2.09 bits per heavy atom. The van der Waals surface area contributed by atoms with Crippen molar-refractivity contribution in [2.75, 3.05) is 6.54 Å². The minimum absolute atomic E-state index is 0.191. The molecule has 3 aromatic rings. The van der Waals surface area contributed by atoms with Gasteiger partial charge in [0.2, 0.25) is 5.43 Å². The Morgan fingerprint density at radius 1 is 1.23 bits per heavy atom. The molecule has 22 heavy (non-hydrogen) atoms. The average molecular weight is 310 g/mol. The summed E-state index contributed by atoms with van der Waals surface area (Å²) < 4.78 is 0. The molecule has 1 aliphatic heterocycles. The number of rotatable bonds is 1. The number of nitrogens with one attached hydrogen (secondary N) is 1. The van der Waals surface area contributed by atoms with E-state index in [1.165, 1.54) is 16.6 Å². The topological polar surface area (TPSA) is 53.2 Å². The van der Waals surface area contributed by atoms with E-state index in [1.54, 1.807) is 22.3 Å². The van der Waals surface area contributed by atoms with Crippen molar-refractivity contribution in [2.24, 2.45) is 0 Å². The molecule has 3 heterocycles. The van der Waals surface area contributed by atoms with Crippen molar-refractivity contribution in [3.63, 3.8) is 0 Å². The Labute approximate surface area is 131 Å². The molecule has 0 atom stereocenters. The number of benzene rings is 1. The molecule has 2 aromatic heterocycles. The molecule has 5 heteroatoms. The van der Waals surface area contributed by atoms with E-state index in [0.717, 1.165) is 11.9 Å². The van der Waals surface area contributed by atoms with Crippen molar-refractivity contribution in [2.45, 2.75) is 13.0 Å². The molecule has 1 amide bonds. The molecule has 1 N–H and O–H groups in total. The van der Waals surface area contributed by atoms with Gasteiger partial charge in [-0.2, -0.15) is 0 Å². The Balaban J connectivity index is 1.72. The first-order valence-corrected chi connectivity index (χ1v) is 8.07. The van der Waals surface area contributed by atoms with E-state index in [0.29, 0.717) is 18.5 Å². The van der Waals surface area contributed by atoms with E-state index < -0.39 is 0 Å². The molecule has 0 spiro atoms. The molecule has 0 radical (unpaired) electrons. The number of thiophene rings is 1. The van der Waals surface area contributed by atoms with E-state index in [9.17, 15) is 9.59 Å². The number of fused-ring (bicyclic) bond motifs is 2. The molecule has 110 valence electrons. The van der Waals surface area contributed by atoms with Crippen LogP contribution in [0, 0.1) is 0 Å². The molecule has 4 nitrogen and oxygen atoms in total. The van der Waals surface area contributed by atoms with Gasteiger partial charge >= 0.3 is 0 Å². The Bertz CT molecular complexity index is 926. The molecule has 1 aromatic carbocycles. The van der Waals surface area contributed by atoms with E-state index in [4.69, 9.17) is 0 Å². The van der Waals surface area contributed by atoms with Crippen LogP contribution in [-0.4, -0.2) is 22.3 Å². The first-order valence-electron chi connectivity index (χ1n) is 7.19. The van der Waals surface area contributed by atoms with Crippen LogP contribution in [0.5, 0.6) is 0 Å². The van der Waals surface area contributed by atoms with Crippen LogP contribution in [0.4, 0.5) is 0 Å². The van der Waals surface area contributed by atoms with Gasteiger partial charge in [-0.1, -0.05) is 12.1 Å². The fourth-order valence-electron chi connectivity index (χ4n) is 2.92. The Morgan fingerprint density at radius 3 is 3.00 bits per heavy atom. The van der Waals surface area contributed by atoms with E-state index >= 15 is 0 Å². The molecule has 0 saturated heterocycles. The SMILES string of the molecule is O=C(c1c[nH]c2ccccc2c1=O)N1CCc2sccc2C1. The number of carbonyl (C=O) groups excluding carboxylic acids is 1. The lowest BCUT2D eigenvalue weighted by atomic mass is 10.1. The Kier molecular flexibility index (Phi) is 3.08. The molecule has 4 rings (SSSR count). The van der Waals surface area contributed by atoms with Crippen LogP contribution in [0.15, 0.2) is 46.7 Å². The third kappa shape index (κ3) is 2.05. The second-order valence-corrected chi connectivity index (χ2v) is 6.42.